The first-order valence-corrected chi connectivity index (χ1v) is 7.17. The Morgan fingerprint density at radius 2 is 2.00 bits per heavy atom. The summed E-state index contributed by atoms with van der Waals surface area (Å²) >= 11 is 0. The number of nitrogens with one attached hydrogen (secondary N) is 2. The number of rotatable bonds is 7. The average molecular weight is 299 g/mol. The molecule has 0 aromatic heterocycles. The second kappa shape index (κ2) is 6.75. The molecule has 2 rings (SSSR count). The van der Waals surface area contributed by atoms with E-state index in [9.17, 15) is 14.4 Å². The highest BCUT2D eigenvalue weighted by Crippen LogP contribution is 2.38. The van der Waals surface area contributed by atoms with Gasteiger partial charge in [0.1, 0.15) is 6.04 Å². The minimum Gasteiger partial charge on any atom is -0.480 e. The maximum absolute atomic E-state index is 11.9. The van der Waals surface area contributed by atoms with Crippen LogP contribution in [0.15, 0.2) is 0 Å². The van der Waals surface area contributed by atoms with Gasteiger partial charge in [0, 0.05) is 13.0 Å². The molecule has 2 fully saturated rings. The Morgan fingerprint density at radius 1 is 1.29 bits per heavy atom. The molecule has 1 aliphatic heterocycles. The van der Waals surface area contributed by atoms with E-state index in [-0.39, 0.29) is 25.0 Å². The van der Waals surface area contributed by atoms with Crippen molar-refractivity contribution < 1.29 is 24.2 Å². The zero-order valence-corrected chi connectivity index (χ0v) is 11.7. The maximum atomic E-state index is 11.9. The molecule has 0 radical (unpaired) electrons. The van der Waals surface area contributed by atoms with E-state index in [0.717, 1.165) is 19.3 Å². The van der Waals surface area contributed by atoms with Crippen LogP contribution in [0.25, 0.3) is 0 Å². The normalized spacial score (nSPS) is 26.1. The van der Waals surface area contributed by atoms with Crippen LogP contribution in [0.1, 0.15) is 32.1 Å². The summed E-state index contributed by atoms with van der Waals surface area (Å²) in [5.74, 6) is -1.28. The van der Waals surface area contributed by atoms with Crippen LogP contribution in [0, 0.1) is 5.92 Å². The number of ether oxygens (including phenoxy) is 1. The van der Waals surface area contributed by atoms with Crippen LogP contribution < -0.4 is 16.4 Å². The number of carboxylic acids is 1. The van der Waals surface area contributed by atoms with Crippen molar-refractivity contribution in [2.24, 2.45) is 11.7 Å². The van der Waals surface area contributed by atoms with Crippen LogP contribution in [0.3, 0.4) is 0 Å². The molecule has 1 saturated heterocycles. The Kier molecular flexibility index (Phi) is 5.00. The van der Waals surface area contributed by atoms with E-state index in [1.807, 2.05) is 0 Å². The number of amides is 3. The first kappa shape index (κ1) is 15.6. The molecule has 2 unspecified atom stereocenters. The SMILES string of the molecule is NC(=O)CC[C@@H](NC(=O)NC1CCOC1C1CC1)C(=O)O. The fourth-order valence-corrected chi connectivity index (χ4v) is 2.57. The molecule has 0 aromatic carbocycles. The van der Waals surface area contributed by atoms with Crippen molar-refractivity contribution in [3.05, 3.63) is 0 Å². The van der Waals surface area contributed by atoms with Crippen molar-refractivity contribution in [1.82, 2.24) is 10.6 Å². The fourth-order valence-electron chi connectivity index (χ4n) is 2.57. The molecule has 1 saturated carbocycles. The van der Waals surface area contributed by atoms with E-state index in [4.69, 9.17) is 15.6 Å². The largest absolute Gasteiger partial charge is 0.480 e. The summed E-state index contributed by atoms with van der Waals surface area (Å²) < 4.78 is 5.60. The van der Waals surface area contributed by atoms with Crippen molar-refractivity contribution in [1.29, 1.82) is 0 Å². The lowest BCUT2D eigenvalue weighted by Gasteiger charge is -2.21. The first-order valence-electron chi connectivity index (χ1n) is 7.17. The highest BCUT2D eigenvalue weighted by molar-refractivity contribution is 5.83. The molecule has 3 atom stereocenters. The summed E-state index contributed by atoms with van der Waals surface area (Å²) in [5.41, 5.74) is 4.99. The summed E-state index contributed by atoms with van der Waals surface area (Å²) in [4.78, 5) is 33.6. The van der Waals surface area contributed by atoms with Gasteiger partial charge >= 0.3 is 12.0 Å². The molecule has 21 heavy (non-hydrogen) atoms. The third-order valence-corrected chi connectivity index (χ3v) is 3.82. The summed E-state index contributed by atoms with van der Waals surface area (Å²) in [6, 6.07) is -1.75. The Balaban J connectivity index is 1.80. The standard InChI is InChI=1S/C13H21N3O5/c14-10(17)4-3-9(12(18)19)16-13(20)15-8-5-6-21-11(8)7-1-2-7/h7-9,11H,1-6H2,(H2,14,17)(H,18,19)(H2,15,16,20)/t8?,9-,11?/m1/s1. The molecule has 0 aromatic rings. The average Bonchev–Trinajstić information content (AvgIpc) is 3.15. The first-order chi connectivity index (χ1) is 9.97. The summed E-state index contributed by atoms with van der Waals surface area (Å²) in [5, 5.41) is 14.2. The zero-order valence-electron chi connectivity index (χ0n) is 11.7. The third kappa shape index (κ3) is 4.59. The smallest absolute Gasteiger partial charge is 0.326 e. The van der Waals surface area contributed by atoms with Crippen LogP contribution in [-0.4, -0.2) is 47.8 Å². The van der Waals surface area contributed by atoms with E-state index >= 15 is 0 Å². The Hall–Kier alpha value is -1.83. The van der Waals surface area contributed by atoms with Gasteiger partial charge in [0.05, 0.1) is 12.1 Å². The van der Waals surface area contributed by atoms with Crippen LogP contribution in [0.2, 0.25) is 0 Å². The van der Waals surface area contributed by atoms with Gasteiger partial charge in [-0.05, 0) is 31.6 Å². The molecule has 3 amide bonds. The fraction of sp³-hybridized carbons (Fsp3) is 0.769. The van der Waals surface area contributed by atoms with Crippen molar-refractivity contribution >= 4 is 17.9 Å². The predicted octanol–water partition coefficient (Wildman–Crippen LogP) is -0.428. The van der Waals surface area contributed by atoms with E-state index in [0.29, 0.717) is 12.5 Å². The minimum absolute atomic E-state index is 0.0225. The molecular formula is C13H21N3O5. The van der Waals surface area contributed by atoms with Gasteiger partial charge < -0.3 is 26.2 Å². The van der Waals surface area contributed by atoms with Gasteiger partial charge in [0.2, 0.25) is 5.91 Å². The maximum Gasteiger partial charge on any atom is 0.326 e. The number of hydrogen-bond donors (Lipinski definition) is 4. The van der Waals surface area contributed by atoms with Crippen LogP contribution >= 0.6 is 0 Å². The molecule has 1 heterocycles. The zero-order chi connectivity index (χ0) is 15.4. The number of urea groups is 1. The number of carbonyl (C=O) groups is 3. The van der Waals surface area contributed by atoms with Gasteiger partial charge in [-0.1, -0.05) is 0 Å². The Morgan fingerprint density at radius 3 is 2.57 bits per heavy atom. The highest BCUT2D eigenvalue weighted by Gasteiger charge is 2.41. The van der Waals surface area contributed by atoms with Gasteiger partial charge in [-0.2, -0.15) is 0 Å². The molecule has 8 nitrogen and oxygen atoms in total. The number of nitrogens with two attached hydrogens (primary N) is 1. The van der Waals surface area contributed by atoms with E-state index in [2.05, 4.69) is 10.6 Å². The van der Waals surface area contributed by atoms with Gasteiger partial charge in [-0.25, -0.2) is 9.59 Å². The van der Waals surface area contributed by atoms with Crippen molar-refractivity contribution in [2.45, 2.75) is 50.3 Å². The van der Waals surface area contributed by atoms with Gasteiger partial charge in [-0.15, -0.1) is 0 Å². The summed E-state index contributed by atoms with van der Waals surface area (Å²) in [6.07, 6.45) is 2.87. The van der Waals surface area contributed by atoms with Gasteiger partial charge in [-0.3, -0.25) is 4.79 Å². The molecule has 0 spiro atoms. The lowest BCUT2D eigenvalue weighted by molar-refractivity contribution is -0.139. The van der Waals surface area contributed by atoms with Crippen LogP contribution in [-0.2, 0) is 14.3 Å². The second-order valence-electron chi connectivity index (χ2n) is 5.58. The molecule has 2 aliphatic rings. The van der Waals surface area contributed by atoms with E-state index in [1.165, 1.54) is 0 Å². The van der Waals surface area contributed by atoms with Gasteiger partial charge in [0.15, 0.2) is 0 Å². The molecule has 5 N–H and O–H groups in total. The monoisotopic (exact) mass is 299 g/mol. The molecule has 118 valence electrons. The number of carboxylic acid groups (broad SMARTS) is 1. The molecule has 0 bridgehead atoms. The number of hydrogen-bond acceptors (Lipinski definition) is 4. The van der Waals surface area contributed by atoms with Crippen molar-refractivity contribution in [3.8, 4) is 0 Å². The molecule has 1 aliphatic carbocycles. The van der Waals surface area contributed by atoms with Crippen molar-refractivity contribution in [2.75, 3.05) is 6.61 Å². The van der Waals surface area contributed by atoms with E-state index < -0.39 is 23.9 Å². The molecule has 8 heteroatoms. The Labute approximate surface area is 122 Å². The number of aliphatic carboxylic acids is 1. The minimum atomic E-state index is -1.19. The summed E-state index contributed by atoms with van der Waals surface area (Å²) in [7, 11) is 0. The quantitative estimate of drug-likeness (QED) is 0.507. The number of primary amides is 1. The van der Waals surface area contributed by atoms with E-state index in [1.54, 1.807) is 0 Å². The number of carbonyl (C=O) groups excluding carboxylic acids is 2. The lowest BCUT2D eigenvalue weighted by Crippen LogP contribution is -2.51. The predicted molar refractivity (Wildman–Crippen MR) is 72.4 cm³/mol. The van der Waals surface area contributed by atoms with Crippen molar-refractivity contribution in [3.63, 3.8) is 0 Å². The van der Waals surface area contributed by atoms with Crippen LogP contribution in [0.5, 0.6) is 0 Å². The highest BCUT2D eigenvalue weighted by atomic mass is 16.5. The second-order valence-corrected chi connectivity index (χ2v) is 5.58. The lowest BCUT2D eigenvalue weighted by atomic mass is 10.1. The van der Waals surface area contributed by atoms with Crippen LogP contribution in [0.4, 0.5) is 4.79 Å². The molecular weight excluding hydrogens is 278 g/mol. The third-order valence-electron chi connectivity index (χ3n) is 3.82. The Bertz CT molecular complexity index is 424. The van der Waals surface area contributed by atoms with Gasteiger partial charge in [0.25, 0.3) is 0 Å². The summed E-state index contributed by atoms with van der Waals surface area (Å²) in [6.45, 7) is 0.607. The topological polar surface area (TPSA) is 131 Å².